The van der Waals surface area contributed by atoms with Crippen molar-refractivity contribution >= 4 is 0 Å². The Balaban J connectivity index is 1.39. The molecule has 4 aliphatic carbocycles. The van der Waals surface area contributed by atoms with Gasteiger partial charge >= 0.3 is 0 Å². The third-order valence-electron chi connectivity index (χ3n) is 9.95. The van der Waals surface area contributed by atoms with Crippen LogP contribution in [0.3, 0.4) is 0 Å². The first-order valence-electron chi connectivity index (χ1n) is 10.8. The molecule has 5 aliphatic rings. The van der Waals surface area contributed by atoms with Gasteiger partial charge in [0.2, 0.25) is 0 Å². The fourth-order valence-electron chi connectivity index (χ4n) is 8.70. The summed E-state index contributed by atoms with van der Waals surface area (Å²) < 4.78 is 12.1. The van der Waals surface area contributed by atoms with Crippen molar-refractivity contribution < 1.29 is 9.15 Å². The molecule has 0 bridgehead atoms. The van der Waals surface area contributed by atoms with Gasteiger partial charge in [0.1, 0.15) is 5.60 Å². The summed E-state index contributed by atoms with van der Waals surface area (Å²) in [5.74, 6) is 3.36. The molecular formula is C23H32O2. The second-order valence-corrected chi connectivity index (χ2v) is 10.4. The average Bonchev–Trinajstić information content (AvgIpc) is 2.98. The molecule has 25 heavy (non-hydrogen) atoms. The Morgan fingerprint density at radius 3 is 2.76 bits per heavy atom. The molecule has 2 heterocycles. The van der Waals surface area contributed by atoms with Gasteiger partial charge in [0.05, 0.1) is 18.6 Å². The molecule has 0 N–H and O–H groups in total. The molecule has 1 saturated heterocycles. The first-order valence-corrected chi connectivity index (χ1v) is 10.8. The molecule has 6 rings (SSSR count). The number of hydrogen-bond acceptors (Lipinski definition) is 2. The minimum Gasteiger partial charge on any atom is -0.472 e. The Labute approximate surface area is 151 Å². The predicted molar refractivity (Wildman–Crippen MR) is 97.3 cm³/mol. The van der Waals surface area contributed by atoms with E-state index >= 15 is 0 Å². The normalized spacial score (nSPS) is 56.5. The lowest BCUT2D eigenvalue weighted by Gasteiger charge is -2.60. The highest BCUT2D eigenvalue weighted by Gasteiger charge is 2.80. The summed E-state index contributed by atoms with van der Waals surface area (Å²) in [5.41, 5.74) is 2.54. The van der Waals surface area contributed by atoms with E-state index in [0.717, 1.165) is 17.8 Å². The van der Waals surface area contributed by atoms with E-state index in [9.17, 15) is 0 Å². The third kappa shape index (κ3) is 1.67. The van der Waals surface area contributed by atoms with Gasteiger partial charge < -0.3 is 9.15 Å². The highest BCUT2D eigenvalue weighted by atomic mass is 16.6. The summed E-state index contributed by atoms with van der Waals surface area (Å²) in [6, 6.07) is 2.21. The molecule has 136 valence electrons. The lowest BCUT2D eigenvalue weighted by molar-refractivity contribution is -0.126. The molecule has 1 aromatic heterocycles. The van der Waals surface area contributed by atoms with E-state index in [-0.39, 0.29) is 5.60 Å². The molecule has 1 aromatic rings. The zero-order valence-electron chi connectivity index (χ0n) is 15.8. The van der Waals surface area contributed by atoms with Crippen LogP contribution in [0.15, 0.2) is 23.0 Å². The fraction of sp³-hybridized carbons (Fsp3) is 0.826. The molecule has 0 aromatic carbocycles. The van der Waals surface area contributed by atoms with Crippen molar-refractivity contribution in [2.75, 3.05) is 0 Å². The molecule has 4 saturated carbocycles. The first kappa shape index (κ1) is 15.3. The van der Waals surface area contributed by atoms with E-state index < -0.39 is 0 Å². The zero-order chi connectivity index (χ0) is 16.9. The van der Waals surface area contributed by atoms with Crippen molar-refractivity contribution in [2.45, 2.75) is 89.3 Å². The van der Waals surface area contributed by atoms with Crippen molar-refractivity contribution in [3.63, 3.8) is 0 Å². The zero-order valence-corrected chi connectivity index (χ0v) is 15.8. The Morgan fingerprint density at radius 2 is 1.92 bits per heavy atom. The first-order chi connectivity index (χ1) is 12.1. The molecule has 1 spiro atoms. The standard InChI is InChI=1S/C23H32O2/c1-21-10-4-3-5-16(21)6-7-18-17(21)8-11-22(2)19(15-9-12-24-14-15)13-20-23(18,22)25-20/h9,12,14,16-20H,3-8,10-11,13H2,1-2H3/t16-,17-,18+,19+,20+,21-,22+,23-/m0/s1. The highest BCUT2D eigenvalue weighted by molar-refractivity contribution is 5.34. The summed E-state index contributed by atoms with van der Waals surface area (Å²) in [6.45, 7) is 5.22. The minimum absolute atomic E-state index is 0.198. The van der Waals surface area contributed by atoms with Crippen LogP contribution in [0.2, 0.25) is 0 Å². The maximum absolute atomic E-state index is 6.64. The summed E-state index contributed by atoms with van der Waals surface area (Å²) in [5, 5.41) is 0. The van der Waals surface area contributed by atoms with Gasteiger partial charge in [-0.15, -0.1) is 0 Å². The van der Waals surface area contributed by atoms with Gasteiger partial charge in [-0.05, 0) is 85.7 Å². The Hall–Kier alpha value is -0.760. The molecule has 1 aliphatic heterocycles. The van der Waals surface area contributed by atoms with Crippen LogP contribution in [-0.2, 0) is 4.74 Å². The molecule has 0 unspecified atom stereocenters. The van der Waals surface area contributed by atoms with Gasteiger partial charge in [-0.2, -0.15) is 0 Å². The quantitative estimate of drug-likeness (QED) is 0.592. The van der Waals surface area contributed by atoms with Gasteiger partial charge in [0.15, 0.2) is 0 Å². The van der Waals surface area contributed by atoms with Crippen molar-refractivity contribution in [1.29, 1.82) is 0 Å². The number of ether oxygens (including phenoxy) is 1. The number of furan rings is 1. The minimum atomic E-state index is 0.198. The van der Waals surface area contributed by atoms with Gasteiger partial charge in [-0.1, -0.05) is 26.7 Å². The maximum atomic E-state index is 6.64. The largest absolute Gasteiger partial charge is 0.472 e. The predicted octanol–water partition coefficient (Wildman–Crippen LogP) is 5.93. The Morgan fingerprint density at radius 1 is 1.00 bits per heavy atom. The summed E-state index contributed by atoms with van der Waals surface area (Å²) in [7, 11) is 0. The van der Waals surface area contributed by atoms with Gasteiger partial charge in [-0.25, -0.2) is 0 Å². The number of epoxide rings is 1. The van der Waals surface area contributed by atoms with Crippen molar-refractivity contribution in [2.24, 2.45) is 28.6 Å². The van der Waals surface area contributed by atoms with Crippen LogP contribution in [0, 0.1) is 28.6 Å². The van der Waals surface area contributed by atoms with Gasteiger partial charge in [0, 0.05) is 5.41 Å². The third-order valence-corrected chi connectivity index (χ3v) is 9.95. The number of fused-ring (bicyclic) bond motifs is 3. The SMILES string of the molecule is C[C@]12CCCC[C@H]1CC[C@@H]1[C@@H]2CC[C@]2(C)[C@@H](c3ccoc3)C[C@H]3O[C@@]132. The molecule has 5 fully saturated rings. The molecule has 2 nitrogen and oxygen atoms in total. The molecule has 2 heteroatoms. The van der Waals surface area contributed by atoms with Gasteiger partial charge in [-0.3, -0.25) is 0 Å². The van der Waals surface area contributed by atoms with Crippen LogP contribution >= 0.6 is 0 Å². The monoisotopic (exact) mass is 340 g/mol. The van der Waals surface area contributed by atoms with Crippen molar-refractivity contribution in [3.8, 4) is 0 Å². The Bertz CT molecular complexity index is 680. The second-order valence-electron chi connectivity index (χ2n) is 10.4. The second kappa shape index (κ2) is 4.74. The van der Waals surface area contributed by atoms with E-state index in [2.05, 4.69) is 19.9 Å². The molecule has 8 atom stereocenters. The van der Waals surface area contributed by atoms with Crippen LogP contribution in [0.5, 0.6) is 0 Å². The van der Waals surface area contributed by atoms with Crippen LogP contribution in [0.25, 0.3) is 0 Å². The summed E-state index contributed by atoms with van der Waals surface area (Å²) in [6.07, 6.45) is 17.2. The molecule has 0 amide bonds. The van der Waals surface area contributed by atoms with E-state index in [1.807, 2.05) is 12.5 Å². The van der Waals surface area contributed by atoms with Gasteiger partial charge in [0.25, 0.3) is 0 Å². The molecular weight excluding hydrogens is 308 g/mol. The van der Waals surface area contributed by atoms with E-state index in [0.29, 0.717) is 22.9 Å². The van der Waals surface area contributed by atoms with Crippen LogP contribution < -0.4 is 0 Å². The smallest absolute Gasteiger partial charge is 0.104 e. The topological polar surface area (TPSA) is 25.7 Å². The summed E-state index contributed by atoms with van der Waals surface area (Å²) >= 11 is 0. The van der Waals surface area contributed by atoms with Crippen LogP contribution in [-0.4, -0.2) is 11.7 Å². The maximum Gasteiger partial charge on any atom is 0.104 e. The van der Waals surface area contributed by atoms with E-state index in [1.165, 1.54) is 63.4 Å². The van der Waals surface area contributed by atoms with Crippen molar-refractivity contribution in [1.82, 2.24) is 0 Å². The average molecular weight is 341 g/mol. The lowest BCUT2D eigenvalue weighted by atomic mass is 9.44. The van der Waals surface area contributed by atoms with Crippen LogP contribution in [0.1, 0.15) is 83.1 Å². The highest BCUT2D eigenvalue weighted by Crippen LogP contribution is 2.77. The van der Waals surface area contributed by atoms with Crippen molar-refractivity contribution in [3.05, 3.63) is 24.2 Å². The number of hydrogen-bond donors (Lipinski definition) is 0. The number of rotatable bonds is 1. The molecule has 0 radical (unpaired) electrons. The van der Waals surface area contributed by atoms with Crippen LogP contribution in [0.4, 0.5) is 0 Å². The Kier molecular flexibility index (Phi) is 2.90. The summed E-state index contributed by atoms with van der Waals surface area (Å²) in [4.78, 5) is 0. The fourth-order valence-corrected chi connectivity index (χ4v) is 8.70. The van der Waals surface area contributed by atoms with E-state index in [4.69, 9.17) is 9.15 Å². The van der Waals surface area contributed by atoms with E-state index in [1.54, 1.807) is 0 Å². The lowest BCUT2D eigenvalue weighted by Crippen LogP contribution is -2.57.